The molecule has 0 aliphatic carbocycles. The summed E-state index contributed by atoms with van der Waals surface area (Å²) in [6.45, 7) is 0.879. The van der Waals surface area contributed by atoms with E-state index >= 15 is 0 Å². The Morgan fingerprint density at radius 1 is 0.872 bits per heavy atom. The Bertz CT molecular complexity index is 1820. The van der Waals surface area contributed by atoms with Crippen LogP contribution in [0.25, 0.3) is 21.5 Å². The highest BCUT2D eigenvalue weighted by atomic mass is 32.2. The lowest BCUT2D eigenvalue weighted by Crippen LogP contribution is -2.22. The third-order valence-electron chi connectivity index (χ3n) is 5.99. The predicted molar refractivity (Wildman–Crippen MR) is 156 cm³/mol. The van der Waals surface area contributed by atoms with E-state index in [1.165, 1.54) is 17.6 Å². The second kappa shape index (κ2) is 11.2. The molecule has 5 aromatic rings. The van der Waals surface area contributed by atoms with E-state index in [1.54, 1.807) is 60.8 Å². The number of benzene rings is 3. The zero-order chi connectivity index (χ0) is 27.5. The van der Waals surface area contributed by atoms with Crippen LogP contribution < -0.4 is 10.6 Å². The summed E-state index contributed by atoms with van der Waals surface area (Å²) in [6.07, 6.45) is 2.95. The summed E-state index contributed by atoms with van der Waals surface area (Å²) in [5.41, 5.74) is 4.19. The van der Waals surface area contributed by atoms with E-state index in [2.05, 4.69) is 20.6 Å². The van der Waals surface area contributed by atoms with Gasteiger partial charge in [-0.3, -0.25) is 4.98 Å². The van der Waals surface area contributed by atoms with Crippen LogP contribution in [0.1, 0.15) is 5.69 Å². The maximum atomic E-state index is 12.9. The van der Waals surface area contributed by atoms with Crippen LogP contribution in [0.15, 0.2) is 100 Å². The monoisotopic (exact) mass is 578 g/mol. The van der Waals surface area contributed by atoms with Crippen LogP contribution in [0.4, 0.5) is 11.4 Å². The molecule has 39 heavy (non-hydrogen) atoms. The summed E-state index contributed by atoms with van der Waals surface area (Å²) >= 11 is 1.52. The Labute approximate surface area is 231 Å². The number of pyridine rings is 1. The molecule has 0 aliphatic rings. The standard InChI is InChI=1S/C28H26N4O4S3/c1-38(33,34)16-15-29-18-22-19-37-28(32-22)20-7-12-25-26(13-14-30-27(25)17-20)31-21-8-10-24(11-9-21)39(35,36)23-5-3-2-4-6-23/h2-14,17,19,29H,15-16,18H2,1H3,(H,30,31). The second-order valence-corrected chi connectivity index (χ2v) is 14.1. The molecule has 0 aliphatic heterocycles. The largest absolute Gasteiger partial charge is 0.355 e. The first-order valence-electron chi connectivity index (χ1n) is 12.1. The number of anilines is 2. The van der Waals surface area contributed by atoms with Gasteiger partial charge in [0, 0.05) is 53.2 Å². The van der Waals surface area contributed by atoms with Gasteiger partial charge in [-0.25, -0.2) is 21.8 Å². The molecule has 3 aromatic carbocycles. The third kappa shape index (κ3) is 6.51. The summed E-state index contributed by atoms with van der Waals surface area (Å²) in [5, 5.41) is 10.2. The number of rotatable bonds is 10. The first kappa shape index (κ1) is 26.9. The van der Waals surface area contributed by atoms with Gasteiger partial charge in [-0.2, -0.15) is 0 Å². The summed E-state index contributed by atoms with van der Waals surface area (Å²) in [6, 6.07) is 22.9. The van der Waals surface area contributed by atoms with Crippen LogP contribution in [0.3, 0.4) is 0 Å². The maximum absolute atomic E-state index is 12.9. The minimum absolute atomic E-state index is 0.0909. The molecule has 11 heteroatoms. The van der Waals surface area contributed by atoms with Gasteiger partial charge in [-0.1, -0.05) is 30.3 Å². The minimum Gasteiger partial charge on any atom is -0.355 e. The molecule has 200 valence electrons. The van der Waals surface area contributed by atoms with Gasteiger partial charge >= 0.3 is 0 Å². The number of thiazole rings is 1. The van der Waals surface area contributed by atoms with Crippen molar-refractivity contribution in [1.29, 1.82) is 0 Å². The number of aromatic nitrogens is 2. The molecule has 5 rings (SSSR count). The van der Waals surface area contributed by atoms with E-state index in [0.29, 0.717) is 13.1 Å². The molecular weight excluding hydrogens is 553 g/mol. The van der Waals surface area contributed by atoms with Crippen molar-refractivity contribution in [2.45, 2.75) is 16.3 Å². The fraction of sp³-hybridized carbons (Fsp3) is 0.143. The Balaban J connectivity index is 1.30. The first-order chi connectivity index (χ1) is 18.7. The highest BCUT2D eigenvalue weighted by Gasteiger charge is 2.17. The Morgan fingerprint density at radius 3 is 2.36 bits per heavy atom. The lowest BCUT2D eigenvalue weighted by molar-refractivity contribution is 0.594. The number of hydrogen-bond donors (Lipinski definition) is 2. The predicted octanol–water partition coefficient (Wildman–Crippen LogP) is 5.07. The Morgan fingerprint density at radius 2 is 1.62 bits per heavy atom. The summed E-state index contributed by atoms with van der Waals surface area (Å²) in [4.78, 5) is 9.70. The quantitative estimate of drug-likeness (QED) is 0.221. The van der Waals surface area contributed by atoms with Gasteiger partial charge in [-0.05, 0) is 48.5 Å². The summed E-state index contributed by atoms with van der Waals surface area (Å²) in [7, 11) is -6.57. The van der Waals surface area contributed by atoms with E-state index in [9.17, 15) is 16.8 Å². The molecule has 0 atom stereocenters. The summed E-state index contributed by atoms with van der Waals surface area (Å²) in [5.74, 6) is 0.0909. The number of sulfone groups is 2. The average molecular weight is 579 g/mol. The fourth-order valence-corrected chi connectivity index (χ4v) is 6.61. The fourth-order valence-electron chi connectivity index (χ4n) is 3.99. The number of hydrogen-bond acceptors (Lipinski definition) is 9. The third-order valence-corrected chi connectivity index (χ3v) is 9.67. The smallest absolute Gasteiger partial charge is 0.206 e. The lowest BCUT2D eigenvalue weighted by Gasteiger charge is -2.11. The van der Waals surface area contributed by atoms with Gasteiger partial charge in [-0.15, -0.1) is 11.3 Å². The molecule has 0 fully saturated rings. The van der Waals surface area contributed by atoms with E-state index in [0.717, 1.165) is 38.5 Å². The molecule has 0 spiro atoms. The number of fused-ring (bicyclic) bond motifs is 1. The van der Waals surface area contributed by atoms with E-state index in [1.807, 2.05) is 29.6 Å². The van der Waals surface area contributed by atoms with Gasteiger partial charge < -0.3 is 10.6 Å². The number of nitrogens with one attached hydrogen (secondary N) is 2. The molecule has 0 amide bonds. The van der Waals surface area contributed by atoms with Gasteiger partial charge in [0.2, 0.25) is 9.84 Å². The van der Waals surface area contributed by atoms with Crippen LogP contribution >= 0.6 is 11.3 Å². The molecule has 0 radical (unpaired) electrons. The van der Waals surface area contributed by atoms with Crippen LogP contribution in [0, 0.1) is 0 Å². The highest BCUT2D eigenvalue weighted by Crippen LogP contribution is 2.31. The van der Waals surface area contributed by atoms with Crippen LogP contribution in [-0.2, 0) is 26.2 Å². The second-order valence-electron chi connectivity index (χ2n) is 9.01. The zero-order valence-corrected chi connectivity index (χ0v) is 23.5. The molecule has 2 N–H and O–H groups in total. The van der Waals surface area contributed by atoms with Crippen molar-refractivity contribution < 1.29 is 16.8 Å². The molecular formula is C28H26N4O4S3. The Kier molecular flexibility index (Phi) is 7.76. The topological polar surface area (TPSA) is 118 Å². The van der Waals surface area contributed by atoms with Crippen LogP contribution in [0.2, 0.25) is 0 Å². The van der Waals surface area contributed by atoms with Crippen molar-refractivity contribution in [1.82, 2.24) is 15.3 Å². The van der Waals surface area contributed by atoms with E-state index < -0.39 is 19.7 Å². The van der Waals surface area contributed by atoms with Gasteiger partial charge in [0.15, 0.2) is 0 Å². The molecule has 0 saturated heterocycles. The van der Waals surface area contributed by atoms with Crippen molar-refractivity contribution in [2.24, 2.45) is 0 Å². The molecule has 0 unspecified atom stereocenters. The average Bonchev–Trinajstić information content (AvgIpc) is 3.40. The number of nitrogens with zero attached hydrogens (tertiary/aromatic N) is 2. The molecule has 2 aromatic heterocycles. The van der Waals surface area contributed by atoms with Crippen molar-refractivity contribution in [3.05, 3.63) is 96.1 Å². The van der Waals surface area contributed by atoms with Gasteiger partial charge in [0.25, 0.3) is 0 Å². The molecule has 2 heterocycles. The van der Waals surface area contributed by atoms with E-state index in [-0.39, 0.29) is 15.5 Å². The van der Waals surface area contributed by atoms with Gasteiger partial charge in [0.1, 0.15) is 14.8 Å². The first-order valence-corrected chi connectivity index (χ1v) is 16.5. The summed E-state index contributed by atoms with van der Waals surface area (Å²) < 4.78 is 48.3. The minimum atomic E-state index is -3.58. The van der Waals surface area contributed by atoms with Crippen molar-refractivity contribution in [3.63, 3.8) is 0 Å². The maximum Gasteiger partial charge on any atom is 0.206 e. The SMILES string of the molecule is CS(=O)(=O)CCNCc1csc(-c2ccc3c(Nc4ccc(S(=O)(=O)c5ccccc5)cc4)ccnc3c2)n1. The van der Waals surface area contributed by atoms with Crippen LogP contribution in [-0.4, -0.2) is 45.4 Å². The lowest BCUT2D eigenvalue weighted by atomic mass is 10.1. The van der Waals surface area contributed by atoms with E-state index in [4.69, 9.17) is 0 Å². The Hall–Kier alpha value is -3.64. The van der Waals surface area contributed by atoms with Crippen molar-refractivity contribution >= 4 is 53.3 Å². The van der Waals surface area contributed by atoms with Crippen molar-refractivity contribution in [3.8, 4) is 10.6 Å². The zero-order valence-electron chi connectivity index (χ0n) is 21.0. The van der Waals surface area contributed by atoms with Crippen molar-refractivity contribution in [2.75, 3.05) is 23.9 Å². The van der Waals surface area contributed by atoms with Crippen LogP contribution in [0.5, 0.6) is 0 Å². The normalized spacial score (nSPS) is 12.0. The molecule has 0 saturated carbocycles. The highest BCUT2D eigenvalue weighted by molar-refractivity contribution is 7.91. The van der Waals surface area contributed by atoms with Gasteiger partial charge in [0.05, 0.1) is 26.8 Å². The molecule has 0 bridgehead atoms. The molecule has 8 nitrogen and oxygen atoms in total.